The second-order valence-electron chi connectivity index (χ2n) is 6.55. The van der Waals surface area contributed by atoms with E-state index in [1.54, 1.807) is 11.0 Å². The van der Waals surface area contributed by atoms with Crippen molar-refractivity contribution < 1.29 is 0 Å². The molecule has 0 spiro atoms. The molecular formula is C20H20N6. The summed E-state index contributed by atoms with van der Waals surface area (Å²) in [7, 11) is 0. The van der Waals surface area contributed by atoms with Crippen molar-refractivity contribution in [3.8, 4) is 28.3 Å². The van der Waals surface area contributed by atoms with Crippen molar-refractivity contribution in [2.45, 2.75) is 26.7 Å². The molecule has 4 aromatic rings. The van der Waals surface area contributed by atoms with E-state index in [-0.39, 0.29) is 0 Å². The standard InChI is InChI=1S/C20H20N6/c1-13(2)20-24-18(19(25-20)17-9-4-6-14(3)23-17)15-7-5-8-16(10-15)26-12-21-11-22-26/h4-13H,1-3H3,(H,24,25). The summed E-state index contributed by atoms with van der Waals surface area (Å²) in [5, 5.41) is 4.21. The predicted molar refractivity (Wildman–Crippen MR) is 101 cm³/mol. The molecule has 3 aromatic heterocycles. The van der Waals surface area contributed by atoms with Crippen LogP contribution in [0.25, 0.3) is 28.3 Å². The van der Waals surface area contributed by atoms with Gasteiger partial charge >= 0.3 is 0 Å². The first-order valence-corrected chi connectivity index (χ1v) is 8.61. The number of aryl methyl sites for hydroxylation is 1. The largest absolute Gasteiger partial charge is 0.340 e. The smallest absolute Gasteiger partial charge is 0.138 e. The van der Waals surface area contributed by atoms with Crippen LogP contribution in [-0.4, -0.2) is 29.7 Å². The van der Waals surface area contributed by atoms with E-state index in [2.05, 4.69) is 46.0 Å². The number of hydrogen-bond acceptors (Lipinski definition) is 4. The second kappa shape index (κ2) is 6.55. The molecule has 0 radical (unpaired) electrons. The molecule has 0 aliphatic rings. The van der Waals surface area contributed by atoms with Gasteiger partial charge in [-0.1, -0.05) is 32.0 Å². The van der Waals surface area contributed by atoms with E-state index >= 15 is 0 Å². The van der Waals surface area contributed by atoms with Crippen molar-refractivity contribution in [3.05, 3.63) is 66.6 Å². The molecule has 130 valence electrons. The summed E-state index contributed by atoms with van der Waals surface area (Å²) in [4.78, 5) is 17.0. The van der Waals surface area contributed by atoms with Crippen LogP contribution < -0.4 is 0 Å². The lowest BCUT2D eigenvalue weighted by molar-refractivity contribution is 0.795. The summed E-state index contributed by atoms with van der Waals surface area (Å²) in [5.41, 5.74) is 5.66. The number of hydrogen-bond donors (Lipinski definition) is 1. The minimum absolute atomic E-state index is 0.297. The van der Waals surface area contributed by atoms with Gasteiger partial charge in [0.15, 0.2) is 0 Å². The highest BCUT2D eigenvalue weighted by molar-refractivity contribution is 5.77. The minimum atomic E-state index is 0.297. The van der Waals surface area contributed by atoms with Crippen molar-refractivity contribution in [2.75, 3.05) is 0 Å². The molecular weight excluding hydrogens is 324 g/mol. The number of rotatable bonds is 4. The number of imidazole rings is 1. The van der Waals surface area contributed by atoms with Gasteiger partial charge in [-0.15, -0.1) is 0 Å². The van der Waals surface area contributed by atoms with Crippen LogP contribution >= 0.6 is 0 Å². The first-order valence-electron chi connectivity index (χ1n) is 8.61. The van der Waals surface area contributed by atoms with E-state index < -0.39 is 0 Å². The van der Waals surface area contributed by atoms with Crippen LogP contribution in [0.15, 0.2) is 55.1 Å². The van der Waals surface area contributed by atoms with E-state index in [1.807, 2.05) is 37.3 Å². The Hall–Kier alpha value is -3.28. The van der Waals surface area contributed by atoms with Crippen molar-refractivity contribution in [1.82, 2.24) is 29.7 Å². The lowest BCUT2D eigenvalue weighted by Gasteiger charge is -2.06. The molecule has 0 atom stereocenters. The average molecular weight is 344 g/mol. The molecule has 3 heterocycles. The molecule has 1 N–H and O–H groups in total. The maximum Gasteiger partial charge on any atom is 0.138 e. The first kappa shape index (κ1) is 16.2. The Morgan fingerprint density at radius 3 is 2.62 bits per heavy atom. The van der Waals surface area contributed by atoms with Crippen LogP contribution in [0, 0.1) is 6.92 Å². The normalized spacial score (nSPS) is 11.2. The van der Waals surface area contributed by atoms with Gasteiger partial charge in [0.05, 0.1) is 22.8 Å². The van der Waals surface area contributed by atoms with Crippen LogP contribution in [0.2, 0.25) is 0 Å². The van der Waals surface area contributed by atoms with E-state index in [1.165, 1.54) is 6.33 Å². The van der Waals surface area contributed by atoms with Gasteiger partial charge in [-0.25, -0.2) is 14.6 Å². The molecule has 4 rings (SSSR count). The highest BCUT2D eigenvalue weighted by Gasteiger charge is 2.17. The Morgan fingerprint density at radius 1 is 1.04 bits per heavy atom. The summed E-state index contributed by atoms with van der Waals surface area (Å²) < 4.78 is 1.74. The van der Waals surface area contributed by atoms with Crippen molar-refractivity contribution >= 4 is 0 Å². The monoisotopic (exact) mass is 344 g/mol. The number of aromatic nitrogens is 6. The fraction of sp³-hybridized carbons (Fsp3) is 0.200. The molecule has 26 heavy (non-hydrogen) atoms. The highest BCUT2D eigenvalue weighted by Crippen LogP contribution is 2.31. The van der Waals surface area contributed by atoms with Gasteiger partial charge < -0.3 is 4.98 Å². The predicted octanol–water partition coefficient (Wildman–Crippen LogP) is 4.15. The maximum absolute atomic E-state index is 4.87. The van der Waals surface area contributed by atoms with E-state index in [0.717, 1.165) is 39.9 Å². The quantitative estimate of drug-likeness (QED) is 0.603. The number of H-pyrrole nitrogens is 1. The summed E-state index contributed by atoms with van der Waals surface area (Å²) in [6, 6.07) is 14.1. The molecule has 6 heteroatoms. The number of benzene rings is 1. The number of aromatic amines is 1. The van der Waals surface area contributed by atoms with Gasteiger partial charge in [0.1, 0.15) is 18.5 Å². The SMILES string of the molecule is Cc1cccc(-c2[nH]c(C(C)C)nc2-c2cccc(-n3cncn3)c2)n1. The average Bonchev–Trinajstić information content (AvgIpc) is 3.32. The van der Waals surface area contributed by atoms with Gasteiger partial charge in [0.2, 0.25) is 0 Å². The zero-order valence-electron chi connectivity index (χ0n) is 15.0. The third kappa shape index (κ3) is 3.01. The fourth-order valence-corrected chi connectivity index (χ4v) is 2.88. The third-order valence-corrected chi connectivity index (χ3v) is 4.22. The lowest BCUT2D eigenvalue weighted by Crippen LogP contribution is -1.95. The van der Waals surface area contributed by atoms with Gasteiger partial charge in [-0.2, -0.15) is 5.10 Å². The molecule has 0 saturated carbocycles. The minimum Gasteiger partial charge on any atom is -0.340 e. The van der Waals surface area contributed by atoms with Crippen molar-refractivity contribution in [3.63, 3.8) is 0 Å². The zero-order chi connectivity index (χ0) is 18.1. The molecule has 0 aliphatic carbocycles. The van der Waals surface area contributed by atoms with E-state index in [9.17, 15) is 0 Å². The highest BCUT2D eigenvalue weighted by atomic mass is 15.3. The van der Waals surface area contributed by atoms with Crippen LogP contribution in [0.1, 0.15) is 31.3 Å². The third-order valence-electron chi connectivity index (χ3n) is 4.22. The molecule has 6 nitrogen and oxygen atoms in total. The molecule has 0 fully saturated rings. The van der Waals surface area contributed by atoms with Crippen LogP contribution in [-0.2, 0) is 0 Å². The molecule has 0 unspecified atom stereocenters. The molecule has 0 amide bonds. The Labute approximate surface area is 152 Å². The Morgan fingerprint density at radius 2 is 1.88 bits per heavy atom. The molecule has 0 bridgehead atoms. The Balaban J connectivity index is 1.87. The van der Waals surface area contributed by atoms with Crippen molar-refractivity contribution in [1.29, 1.82) is 0 Å². The number of nitrogens with one attached hydrogen (secondary N) is 1. The van der Waals surface area contributed by atoms with Crippen LogP contribution in [0.3, 0.4) is 0 Å². The van der Waals surface area contributed by atoms with Gasteiger partial charge in [0.25, 0.3) is 0 Å². The molecule has 0 saturated heterocycles. The van der Waals surface area contributed by atoms with Gasteiger partial charge in [-0.05, 0) is 31.2 Å². The molecule has 0 aliphatic heterocycles. The fourth-order valence-electron chi connectivity index (χ4n) is 2.88. The Bertz CT molecular complexity index is 1030. The topological polar surface area (TPSA) is 72.3 Å². The number of pyridine rings is 1. The van der Waals surface area contributed by atoms with Crippen LogP contribution in [0.5, 0.6) is 0 Å². The summed E-state index contributed by atoms with van der Waals surface area (Å²) in [6.45, 7) is 6.25. The zero-order valence-corrected chi connectivity index (χ0v) is 15.0. The maximum atomic E-state index is 4.87. The summed E-state index contributed by atoms with van der Waals surface area (Å²) >= 11 is 0. The molecule has 1 aromatic carbocycles. The van der Waals surface area contributed by atoms with E-state index in [0.29, 0.717) is 5.92 Å². The first-order chi connectivity index (χ1) is 12.6. The van der Waals surface area contributed by atoms with Gasteiger partial charge in [-0.3, -0.25) is 4.98 Å². The lowest BCUT2D eigenvalue weighted by atomic mass is 10.1. The number of nitrogens with zero attached hydrogens (tertiary/aromatic N) is 5. The summed E-state index contributed by atoms with van der Waals surface area (Å²) in [5.74, 6) is 1.25. The second-order valence-corrected chi connectivity index (χ2v) is 6.55. The van der Waals surface area contributed by atoms with Crippen LogP contribution in [0.4, 0.5) is 0 Å². The van der Waals surface area contributed by atoms with Crippen molar-refractivity contribution in [2.24, 2.45) is 0 Å². The van der Waals surface area contributed by atoms with Gasteiger partial charge in [0, 0.05) is 17.2 Å². The Kier molecular flexibility index (Phi) is 4.08. The van der Waals surface area contributed by atoms with E-state index in [4.69, 9.17) is 4.98 Å². The summed E-state index contributed by atoms with van der Waals surface area (Å²) in [6.07, 6.45) is 3.21.